The maximum Gasteiger partial charge on any atom is 0.285 e. The summed E-state index contributed by atoms with van der Waals surface area (Å²) in [5, 5.41) is 14.6. The topological polar surface area (TPSA) is 75.5 Å². The summed E-state index contributed by atoms with van der Waals surface area (Å²) in [6, 6.07) is 5.13. The second-order valence-electron chi connectivity index (χ2n) is 5.85. The van der Waals surface area contributed by atoms with Gasteiger partial charge in [0.05, 0.1) is 4.92 Å². The molecule has 2 aliphatic heterocycles. The maximum atomic E-state index is 12.8. The molecule has 2 unspecified atom stereocenters. The molecule has 2 heterocycles. The van der Waals surface area contributed by atoms with Gasteiger partial charge in [-0.05, 0) is 31.7 Å². The quantitative estimate of drug-likeness (QED) is 0.664. The summed E-state index contributed by atoms with van der Waals surface area (Å²) >= 11 is 0. The Hall–Kier alpha value is -1.95. The van der Waals surface area contributed by atoms with E-state index in [1.165, 1.54) is 0 Å². The van der Waals surface area contributed by atoms with Gasteiger partial charge in [0, 0.05) is 31.2 Å². The van der Waals surface area contributed by atoms with Crippen LogP contribution in [0.3, 0.4) is 0 Å². The number of hydrogen-bond acceptors (Lipinski definition) is 4. The van der Waals surface area contributed by atoms with Crippen molar-refractivity contribution in [2.45, 2.75) is 25.8 Å². The minimum atomic E-state index is -0.448. The number of nitrogens with zero attached hydrogens (tertiary/aromatic N) is 2. The zero-order valence-corrected chi connectivity index (χ0v) is 12.0. The highest BCUT2D eigenvalue weighted by molar-refractivity contribution is 5.99. The van der Waals surface area contributed by atoms with E-state index in [1.54, 1.807) is 25.1 Å². The highest BCUT2D eigenvalue weighted by atomic mass is 16.6. The van der Waals surface area contributed by atoms with Crippen LogP contribution in [0.1, 0.15) is 28.8 Å². The zero-order chi connectivity index (χ0) is 15.0. The Morgan fingerprint density at radius 2 is 2.24 bits per heavy atom. The molecule has 0 aromatic heterocycles. The summed E-state index contributed by atoms with van der Waals surface area (Å²) in [4.78, 5) is 25.5. The molecule has 0 aliphatic carbocycles. The number of nitrogens with one attached hydrogen (secondary N) is 1. The molecule has 0 bridgehead atoms. The van der Waals surface area contributed by atoms with Crippen molar-refractivity contribution in [1.82, 2.24) is 10.2 Å². The summed E-state index contributed by atoms with van der Waals surface area (Å²) in [5.74, 6) is 0.273. The van der Waals surface area contributed by atoms with Crippen LogP contribution in [0.15, 0.2) is 18.2 Å². The highest BCUT2D eigenvalue weighted by Gasteiger charge is 2.39. The van der Waals surface area contributed by atoms with Gasteiger partial charge < -0.3 is 10.2 Å². The van der Waals surface area contributed by atoms with E-state index in [4.69, 9.17) is 0 Å². The van der Waals surface area contributed by atoms with Crippen LogP contribution in [-0.2, 0) is 0 Å². The van der Waals surface area contributed by atoms with Gasteiger partial charge in [0.2, 0.25) is 0 Å². The molecule has 1 amide bonds. The first-order valence-electron chi connectivity index (χ1n) is 7.35. The first kappa shape index (κ1) is 14.0. The average Bonchev–Trinajstić information content (AvgIpc) is 2.94. The number of aryl methyl sites for hydroxylation is 1. The average molecular weight is 289 g/mol. The Labute approximate surface area is 123 Å². The fourth-order valence-electron chi connectivity index (χ4n) is 3.55. The molecule has 0 saturated carbocycles. The standard InChI is InChI=1S/C15H19N3O3/c1-10-4-2-6-12(14(10)18(20)21)15(19)17-7-3-5-11-8-16-9-13(11)17/h2,4,6,11,13,16H,3,5,7-9H2,1H3. The van der Waals surface area contributed by atoms with E-state index in [2.05, 4.69) is 5.32 Å². The number of nitro groups is 1. The van der Waals surface area contributed by atoms with Gasteiger partial charge in [0.15, 0.2) is 0 Å². The van der Waals surface area contributed by atoms with Crippen LogP contribution < -0.4 is 5.32 Å². The molecule has 1 N–H and O–H groups in total. The van der Waals surface area contributed by atoms with Gasteiger partial charge in [-0.2, -0.15) is 0 Å². The number of piperidine rings is 1. The number of carbonyl (C=O) groups is 1. The van der Waals surface area contributed by atoms with Gasteiger partial charge in [-0.1, -0.05) is 12.1 Å². The van der Waals surface area contributed by atoms with Crippen LogP contribution >= 0.6 is 0 Å². The van der Waals surface area contributed by atoms with Gasteiger partial charge in [-0.25, -0.2) is 0 Å². The Bertz CT molecular complexity index is 588. The van der Waals surface area contributed by atoms with Crippen LogP contribution in [0.25, 0.3) is 0 Å². The lowest BCUT2D eigenvalue weighted by molar-refractivity contribution is -0.385. The van der Waals surface area contributed by atoms with E-state index in [1.807, 2.05) is 4.90 Å². The number of likely N-dealkylation sites (tertiary alicyclic amines) is 1. The smallest absolute Gasteiger partial charge is 0.285 e. The molecule has 21 heavy (non-hydrogen) atoms. The third kappa shape index (κ3) is 2.40. The van der Waals surface area contributed by atoms with Crippen molar-refractivity contribution in [2.24, 2.45) is 5.92 Å². The predicted molar refractivity (Wildman–Crippen MR) is 78.3 cm³/mol. The number of benzene rings is 1. The molecule has 1 aromatic rings. The molecule has 2 aliphatic rings. The monoisotopic (exact) mass is 289 g/mol. The molecule has 2 fully saturated rings. The molecule has 2 saturated heterocycles. The van der Waals surface area contributed by atoms with E-state index in [-0.39, 0.29) is 23.2 Å². The minimum Gasteiger partial charge on any atom is -0.334 e. The minimum absolute atomic E-state index is 0.0596. The van der Waals surface area contributed by atoms with Gasteiger partial charge in [0.1, 0.15) is 5.56 Å². The van der Waals surface area contributed by atoms with Crippen molar-refractivity contribution < 1.29 is 9.72 Å². The largest absolute Gasteiger partial charge is 0.334 e. The van der Waals surface area contributed by atoms with Crippen molar-refractivity contribution >= 4 is 11.6 Å². The lowest BCUT2D eigenvalue weighted by atomic mass is 9.91. The molecule has 1 aromatic carbocycles. The molecule has 112 valence electrons. The van der Waals surface area contributed by atoms with Crippen molar-refractivity contribution in [3.05, 3.63) is 39.4 Å². The van der Waals surface area contributed by atoms with Crippen LogP contribution in [0, 0.1) is 23.0 Å². The molecule has 6 heteroatoms. The summed E-state index contributed by atoms with van der Waals surface area (Å²) in [5.41, 5.74) is 0.687. The number of hydrogen-bond donors (Lipinski definition) is 1. The highest BCUT2D eigenvalue weighted by Crippen LogP contribution is 2.30. The summed E-state index contributed by atoms with van der Waals surface area (Å²) in [7, 11) is 0. The summed E-state index contributed by atoms with van der Waals surface area (Å²) < 4.78 is 0. The lowest BCUT2D eigenvalue weighted by Gasteiger charge is -2.37. The Morgan fingerprint density at radius 3 is 3.00 bits per heavy atom. The number of nitro benzene ring substituents is 1. The molecule has 6 nitrogen and oxygen atoms in total. The lowest BCUT2D eigenvalue weighted by Crippen LogP contribution is -2.48. The van der Waals surface area contributed by atoms with Crippen LogP contribution in [0.4, 0.5) is 5.69 Å². The molecular formula is C15H19N3O3. The third-order valence-electron chi connectivity index (χ3n) is 4.59. The SMILES string of the molecule is Cc1cccc(C(=O)N2CCCC3CNCC32)c1[N+](=O)[O-]. The number of fused-ring (bicyclic) bond motifs is 1. The van der Waals surface area contributed by atoms with E-state index < -0.39 is 4.92 Å². The van der Waals surface area contributed by atoms with E-state index in [9.17, 15) is 14.9 Å². The number of para-hydroxylation sites is 1. The van der Waals surface area contributed by atoms with E-state index in [0.717, 1.165) is 25.9 Å². The van der Waals surface area contributed by atoms with Crippen molar-refractivity contribution in [2.75, 3.05) is 19.6 Å². The fourth-order valence-corrected chi connectivity index (χ4v) is 3.55. The first-order valence-corrected chi connectivity index (χ1v) is 7.35. The Kier molecular flexibility index (Phi) is 3.63. The maximum absolute atomic E-state index is 12.8. The normalized spacial score (nSPS) is 24.7. The van der Waals surface area contributed by atoms with Gasteiger partial charge in [0.25, 0.3) is 11.6 Å². The Balaban J connectivity index is 1.95. The number of amides is 1. The van der Waals surface area contributed by atoms with Gasteiger partial charge in [-0.3, -0.25) is 14.9 Å². The van der Waals surface area contributed by atoms with E-state index >= 15 is 0 Å². The van der Waals surface area contributed by atoms with Gasteiger partial charge >= 0.3 is 0 Å². The van der Waals surface area contributed by atoms with E-state index in [0.29, 0.717) is 18.0 Å². The molecule has 3 rings (SSSR count). The summed E-state index contributed by atoms with van der Waals surface area (Å²) in [6.07, 6.45) is 2.09. The van der Waals surface area contributed by atoms with Crippen LogP contribution in [0.2, 0.25) is 0 Å². The number of rotatable bonds is 2. The van der Waals surface area contributed by atoms with Crippen molar-refractivity contribution in [1.29, 1.82) is 0 Å². The number of carbonyl (C=O) groups excluding carboxylic acids is 1. The second kappa shape index (κ2) is 5.44. The van der Waals surface area contributed by atoms with Crippen LogP contribution in [0.5, 0.6) is 0 Å². The first-order chi connectivity index (χ1) is 10.1. The summed E-state index contributed by atoms with van der Waals surface area (Å²) in [6.45, 7) is 4.08. The third-order valence-corrected chi connectivity index (χ3v) is 4.59. The van der Waals surface area contributed by atoms with Crippen LogP contribution in [-0.4, -0.2) is 41.4 Å². The fraction of sp³-hybridized carbons (Fsp3) is 0.533. The zero-order valence-electron chi connectivity index (χ0n) is 12.0. The van der Waals surface area contributed by atoms with Crippen molar-refractivity contribution in [3.63, 3.8) is 0 Å². The Morgan fingerprint density at radius 1 is 1.43 bits per heavy atom. The molecular weight excluding hydrogens is 270 g/mol. The molecule has 2 atom stereocenters. The second-order valence-corrected chi connectivity index (χ2v) is 5.85. The molecule has 0 spiro atoms. The van der Waals surface area contributed by atoms with Crippen molar-refractivity contribution in [3.8, 4) is 0 Å². The van der Waals surface area contributed by atoms with Gasteiger partial charge in [-0.15, -0.1) is 0 Å². The molecule has 0 radical (unpaired) electrons. The predicted octanol–water partition coefficient (Wildman–Crippen LogP) is 1.73.